The van der Waals surface area contributed by atoms with Gasteiger partial charge in [-0.3, -0.25) is 24.7 Å². The summed E-state index contributed by atoms with van der Waals surface area (Å²) < 4.78 is 5.81. The van der Waals surface area contributed by atoms with Gasteiger partial charge in [0.1, 0.15) is 11.4 Å². The fraction of sp³-hybridized carbons (Fsp3) is 0.421. The molecule has 29 heavy (non-hydrogen) atoms. The van der Waals surface area contributed by atoms with E-state index in [4.69, 9.17) is 16.3 Å². The molecular weight excluding hydrogens is 416 g/mol. The van der Waals surface area contributed by atoms with Crippen LogP contribution in [0.2, 0.25) is 4.34 Å². The molecule has 10 heteroatoms. The molecule has 2 heterocycles. The monoisotopic (exact) mass is 438 g/mol. The third-order valence-electron chi connectivity index (χ3n) is 5.00. The number of anilines is 1. The number of nitro benzene ring substituents is 1. The van der Waals surface area contributed by atoms with Crippen molar-refractivity contribution in [2.45, 2.75) is 19.5 Å². The van der Waals surface area contributed by atoms with Gasteiger partial charge in [-0.2, -0.15) is 0 Å². The van der Waals surface area contributed by atoms with Crippen LogP contribution >= 0.6 is 22.9 Å². The number of nitrogens with one attached hydrogen (secondary N) is 1. The number of halogens is 1. The van der Waals surface area contributed by atoms with Gasteiger partial charge in [-0.05, 0) is 31.2 Å². The summed E-state index contributed by atoms with van der Waals surface area (Å²) in [5, 5.41) is 14.0. The minimum Gasteiger partial charge on any atom is -0.496 e. The van der Waals surface area contributed by atoms with Crippen LogP contribution in [-0.4, -0.2) is 60.0 Å². The molecule has 0 spiro atoms. The lowest BCUT2D eigenvalue weighted by Gasteiger charge is -2.37. The molecule has 2 aromatic rings. The van der Waals surface area contributed by atoms with Gasteiger partial charge >= 0.3 is 0 Å². The van der Waals surface area contributed by atoms with Crippen molar-refractivity contribution in [3.05, 3.63) is 49.7 Å². The molecule has 0 bridgehead atoms. The van der Waals surface area contributed by atoms with Gasteiger partial charge in [-0.1, -0.05) is 11.6 Å². The van der Waals surface area contributed by atoms with E-state index in [1.807, 2.05) is 19.1 Å². The Morgan fingerprint density at radius 1 is 1.31 bits per heavy atom. The van der Waals surface area contributed by atoms with Crippen LogP contribution in [0.3, 0.4) is 0 Å². The average Bonchev–Trinajstić information content (AvgIpc) is 3.12. The number of carbonyl (C=O) groups is 1. The number of nitrogens with zero attached hydrogens (tertiary/aromatic N) is 3. The van der Waals surface area contributed by atoms with E-state index in [0.717, 1.165) is 37.1 Å². The number of hydrogen-bond acceptors (Lipinski definition) is 7. The highest BCUT2D eigenvalue weighted by Crippen LogP contribution is 2.29. The predicted molar refractivity (Wildman–Crippen MR) is 114 cm³/mol. The first-order valence-corrected chi connectivity index (χ1v) is 10.4. The normalized spacial score (nSPS) is 16.4. The summed E-state index contributed by atoms with van der Waals surface area (Å²) in [6.45, 7) is 5.85. The number of hydrogen-bond donors (Lipinski definition) is 1. The first-order valence-electron chi connectivity index (χ1n) is 9.21. The molecule has 1 amide bonds. The molecule has 3 rings (SSSR count). The Labute approximate surface area is 178 Å². The zero-order chi connectivity index (χ0) is 21.0. The lowest BCUT2D eigenvalue weighted by Crippen LogP contribution is -2.52. The number of nitro groups is 1. The number of benzene rings is 1. The number of rotatable bonds is 7. The standard InChI is InChI=1S/C19H23ClN4O4S/c1-13(19(25)21-16-5-3-14(28-2)11-17(16)24(26)27)23-9-7-22(8-10-23)12-15-4-6-18(20)29-15/h3-6,11,13H,7-10,12H2,1-2H3,(H,21,25)/t13-/m1/s1. The number of carbonyl (C=O) groups excluding carboxylic acids is 1. The molecule has 156 valence electrons. The van der Waals surface area contributed by atoms with Gasteiger partial charge < -0.3 is 10.1 Å². The minimum absolute atomic E-state index is 0.167. The zero-order valence-electron chi connectivity index (χ0n) is 16.3. The molecule has 0 radical (unpaired) electrons. The Morgan fingerprint density at radius 2 is 2.03 bits per heavy atom. The van der Waals surface area contributed by atoms with E-state index in [9.17, 15) is 14.9 Å². The molecule has 1 aromatic heterocycles. The van der Waals surface area contributed by atoms with Gasteiger partial charge in [0.25, 0.3) is 5.69 Å². The molecule has 8 nitrogen and oxygen atoms in total. The smallest absolute Gasteiger partial charge is 0.296 e. The van der Waals surface area contributed by atoms with Crippen LogP contribution in [-0.2, 0) is 11.3 Å². The molecule has 1 atom stereocenters. The van der Waals surface area contributed by atoms with Crippen molar-refractivity contribution in [2.24, 2.45) is 0 Å². The van der Waals surface area contributed by atoms with E-state index in [1.165, 1.54) is 24.1 Å². The fourth-order valence-electron chi connectivity index (χ4n) is 3.26. The van der Waals surface area contributed by atoms with Gasteiger partial charge in [0, 0.05) is 37.6 Å². The van der Waals surface area contributed by atoms with Gasteiger partial charge in [-0.15, -0.1) is 11.3 Å². The summed E-state index contributed by atoms with van der Waals surface area (Å²) in [6, 6.07) is 7.93. The highest BCUT2D eigenvalue weighted by Gasteiger charge is 2.27. The molecule has 1 aromatic carbocycles. The Kier molecular flexibility index (Phi) is 7.07. The van der Waals surface area contributed by atoms with Crippen molar-refractivity contribution in [1.82, 2.24) is 9.80 Å². The molecule has 1 aliphatic heterocycles. The maximum absolute atomic E-state index is 12.7. The maximum Gasteiger partial charge on any atom is 0.296 e. The van der Waals surface area contributed by atoms with E-state index in [-0.39, 0.29) is 17.3 Å². The summed E-state index contributed by atoms with van der Waals surface area (Å²) in [7, 11) is 1.44. The molecular formula is C19H23ClN4O4S. The van der Waals surface area contributed by atoms with Crippen molar-refractivity contribution >= 4 is 40.2 Å². The second kappa shape index (κ2) is 9.53. The highest BCUT2D eigenvalue weighted by molar-refractivity contribution is 7.16. The van der Waals surface area contributed by atoms with Crippen molar-refractivity contribution < 1.29 is 14.5 Å². The summed E-state index contributed by atoms with van der Waals surface area (Å²) in [5.41, 5.74) is -0.0230. The van der Waals surface area contributed by atoms with Gasteiger partial charge in [0.15, 0.2) is 0 Å². The van der Waals surface area contributed by atoms with E-state index < -0.39 is 11.0 Å². The molecule has 0 aliphatic carbocycles. The van der Waals surface area contributed by atoms with E-state index in [2.05, 4.69) is 15.1 Å². The Morgan fingerprint density at radius 3 is 2.62 bits per heavy atom. The van der Waals surface area contributed by atoms with Crippen LogP contribution in [0.25, 0.3) is 0 Å². The summed E-state index contributed by atoms with van der Waals surface area (Å²) in [4.78, 5) is 29.1. The van der Waals surface area contributed by atoms with Crippen molar-refractivity contribution in [3.63, 3.8) is 0 Å². The topological polar surface area (TPSA) is 88.0 Å². The number of piperazine rings is 1. The van der Waals surface area contributed by atoms with Gasteiger partial charge in [0.2, 0.25) is 5.91 Å². The third-order valence-corrected chi connectivity index (χ3v) is 6.22. The predicted octanol–water partition coefficient (Wildman–Crippen LogP) is 3.46. The quantitative estimate of drug-likeness (QED) is 0.526. The van der Waals surface area contributed by atoms with Gasteiger partial charge in [0.05, 0.1) is 28.5 Å². The van der Waals surface area contributed by atoms with Crippen LogP contribution in [0.4, 0.5) is 11.4 Å². The molecule has 1 fully saturated rings. The first kappa shape index (κ1) is 21.5. The fourth-order valence-corrected chi connectivity index (χ4v) is 4.39. The van der Waals surface area contributed by atoms with Crippen molar-refractivity contribution in [1.29, 1.82) is 0 Å². The Balaban J connectivity index is 1.56. The lowest BCUT2D eigenvalue weighted by molar-refractivity contribution is -0.384. The number of methoxy groups -OCH3 is 1. The lowest BCUT2D eigenvalue weighted by atomic mass is 10.2. The number of thiophene rings is 1. The Hall–Kier alpha value is -2.20. The molecule has 0 saturated carbocycles. The van der Waals surface area contributed by atoms with Crippen LogP contribution in [0.5, 0.6) is 5.75 Å². The zero-order valence-corrected chi connectivity index (χ0v) is 17.8. The Bertz CT molecular complexity index is 883. The van der Waals surface area contributed by atoms with Crippen molar-refractivity contribution in [3.8, 4) is 5.75 Å². The van der Waals surface area contributed by atoms with Crippen molar-refractivity contribution in [2.75, 3.05) is 38.6 Å². The summed E-state index contributed by atoms with van der Waals surface area (Å²) in [5.74, 6) is 0.0997. The van der Waals surface area contributed by atoms with E-state index >= 15 is 0 Å². The maximum atomic E-state index is 12.7. The minimum atomic E-state index is -0.529. The third kappa shape index (κ3) is 5.45. The highest BCUT2D eigenvalue weighted by atomic mass is 35.5. The molecule has 1 aliphatic rings. The number of amides is 1. The van der Waals surface area contributed by atoms with Crippen LogP contribution < -0.4 is 10.1 Å². The molecule has 1 N–H and O–H groups in total. The molecule has 0 unspecified atom stereocenters. The van der Waals surface area contributed by atoms with Gasteiger partial charge in [-0.25, -0.2) is 0 Å². The molecule has 1 saturated heterocycles. The SMILES string of the molecule is COc1ccc(NC(=O)[C@@H](C)N2CCN(Cc3ccc(Cl)s3)CC2)c([N+](=O)[O-])c1. The van der Waals surface area contributed by atoms with Crippen LogP contribution in [0.15, 0.2) is 30.3 Å². The van der Waals surface area contributed by atoms with Crippen LogP contribution in [0.1, 0.15) is 11.8 Å². The largest absolute Gasteiger partial charge is 0.496 e. The van der Waals surface area contributed by atoms with E-state index in [1.54, 1.807) is 17.4 Å². The second-order valence-corrected chi connectivity index (χ2v) is 8.62. The average molecular weight is 439 g/mol. The van der Waals surface area contributed by atoms with E-state index in [0.29, 0.717) is 5.75 Å². The first-order chi connectivity index (χ1) is 13.9. The summed E-state index contributed by atoms with van der Waals surface area (Å²) >= 11 is 7.57. The second-order valence-electron chi connectivity index (χ2n) is 6.82. The summed E-state index contributed by atoms with van der Waals surface area (Å²) in [6.07, 6.45) is 0. The van der Waals surface area contributed by atoms with Crippen LogP contribution in [0, 0.1) is 10.1 Å². The number of ether oxygens (including phenoxy) is 1.